The third-order valence-corrected chi connectivity index (χ3v) is 19.6. The van der Waals surface area contributed by atoms with Crippen molar-refractivity contribution in [2.24, 2.45) is 11.3 Å². The summed E-state index contributed by atoms with van der Waals surface area (Å²) in [6, 6.07) is 0.359. The molecule has 9 aliphatic rings. The molecule has 0 aromatic carbocycles. The lowest BCUT2D eigenvalue weighted by atomic mass is 9.76. The summed E-state index contributed by atoms with van der Waals surface area (Å²) >= 11 is 0. The van der Waals surface area contributed by atoms with Crippen molar-refractivity contribution >= 4 is 80.7 Å². The molecule has 2 spiro atoms. The zero-order chi connectivity index (χ0) is 65.4. The highest BCUT2D eigenvalue weighted by Gasteiger charge is 2.46. The number of carbonyl (C=O) groups excluding carboxylic acids is 4. The summed E-state index contributed by atoms with van der Waals surface area (Å²) in [5, 5.41) is 0. The number of amides is 4. The third-order valence-electron chi connectivity index (χ3n) is 19.6. The van der Waals surface area contributed by atoms with Crippen LogP contribution in [-0.2, 0) is 23.9 Å². The van der Waals surface area contributed by atoms with E-state index in [1.807, 2.05) is 59.8 Å². The number of rotatable bonds is 7. The van der Waals surface area contributed by atoms with Gasteiger partial charge in [0.15, 0.2) is 5.82 Å². The topological polar surface area (TPSA) is 310 Å². The number of ether oxygens (including phenoxy) is 2. The van der Waals surface area contributed by atoms with E-state index in [9.17, 15) is 23.6 Å². The Hall–Kier alpha value is -8.68. The smallest absolute Gasteiger partial charge is 0.410 e. The van der Waals surface area contributed by atoms with E-state index < -0.39 is 0 Å². The number of fused-ring (bicyclic) bond motifs is 1. The van der Waals surface area contributed by atoms with E-state index in [-0.39, 0.29) is 35.2 Å². The van der Waals surface area contributed by atoms with E-state index in [4.69, 9.17) is 38.1 Å². The predicted molar refractivity (Wildman–Crippen MR) is 358 cm³/mol. The number of hydrogen-bond donors (Lipinski definition) is 5. The van der Waals surface area contributed by atoms with E-state index >= 15 is 0 Å². The Morgan fingerprint density at radius 2 is 0.978 bits per heavy atom. The second-order valence-corrected chi connectivity index (χ2v) is 26.4. The maximum absolute atomic E-state index is 13.9. The van der Waals surface area contributed by atoms with Gasteiger partial charge in [-0.1, -0.05) is 0 Å². The number of pyridine rings is 5. The lowest BCUT2D eigenvalue weighted by Crippen LogP contribution is -2.54. The molecule has 1 unspecified atom stereocenters. The zero-order valence-corrected chi connectivity index (χ0v) is 54.5. The molecule has 1 atom stereocenters. The highest BCUT2D eigenvalue weighted by molar-refractivity contribution is 5.87. The molecule has 0 bridgehead atoms. The van der Waals surface area contributed by atoms with Gasteiger partial charge in [-0.25, -0.2) is 9.18 Å². The molecule has 4 amide bonds. The standard InChI is InChI=1S/C15H21FN4O.C14H20N4O2.C13H18N4O.C13H19N3O.C11H16N4O/c16-12-8-18-9-13(17)15(12)19-6-3-11(4-7-19)10-20-5-1-2-14(20)21;1-10-7-16-8-11(15)12(10)18-5-3-14(4-6-18)9-17(2)13(19)20-14;1-9-5-15-6-11(14)13(9)16-7-10-3-2-4-17(10)12(18)8-16;1-10-6-15-7-11(14)12(10)16-4-2-13(3-5-16)8-17-9-13;1-8-5-13-6-9(12)11(8)15-4-3-14(2)10(16)7-15/h8-9,11H,1-7,10,17H2;7-8H,3-6,9,15H2,1-2H3;5-6,10H,2-4,7-8,14H2,1H3;6-7H,2-5,8-9,14H2,1H3;5-6H,3-4,7,12H2,1-2H3. The summed E-state index contributed by atoms with van der Waals surface area (Å²) in [5.41, 5.74) is 42.1. The maximum Gasteiger partial charge on any atom is 0.410 e. The molecule has 9 fully saturated rings. The number of nitrogens with two attached hydrogens (primary N) is 5. The fourth-order valence-electron chi connectivity index (χ4n) is 14.5. The summed E-state index contributed by atoms with van der Waals surface area (Å²) < 4.78 is 24.8. The van der Waals surface area contributed by atoms with E-state index in [0.717, 1.165) is 176 Å². The van der Waals surface area contributed by atoms with E-state index in [0.29, 0.717) is 71.9 Å². The molecule has 10 N–H and O–H groups in total. The Labute approximate surface area is 539 Å². The number of anilines is 10. The average molecular weight is 1270 g/mol. The summed E-state index contributed by atoms with van der Waals surface area (Å²) in [5.74, 6) is 0.778. The molecule has 9 aliphatic heterocycles. The van der Waals surface area contributed by atoms with Crippen molar-refractivity contribution < 1.29 is 33.0 Å². The summed E-state index contributed by atoms with van der Waals surface area (Å²) in [4.78, 5) is 85.2. The van der Waals surface area contributed by atoms with Crippen LogP contribution in [0.4, 0.5) is 66.1 Å². The van der Waals surface area contributed by atoms with Crippen LogP contribution in [0.15, 0.2) is 62.0 Å². The van der Waals surface area contributed by atoms with Gasteiger partial charge in [-0.05, 0) is 101 Å². The molecule has 14 heterocycles. The largest absolute Gasteiger partial charge is 0.441 e. The highest BCUT2D eigenvalue weighted by Crippen LogP contribution is 2.42. The number of aryl methyl sites for hydroxylation is 4. The van der Waals surface area contributed by atoms with Crippen LogP contribution in [0.2, 0.25) is 0 Å². The monoisotopic (exact) mass is 1270 g/mol. The first kappa shape index (κ1) is 66.2. The van der Waals surface area contributed by atoms with Gasteiger partial charge in [0, 0.05) is 148 Å². The summed E-state index contributed by atoms with van der Waals surface area (Å²) in [6.07, 6.45) is 26.5. The Balaban J connectivity index is 0.000000126. The van der Waals surface area contributed by atoms with Crippen LogP contribution in [0.25, 0.3) is 0 Å². The Morgan fingerprint density at radius 1 is 0.500 bits per heavy atom. The van der Waals surface area contributed by atoms with Crippen molar-refractivity contribution in [3.8, 4) is 0 Å². The number of likely N-dealkylation sites (tertiary alicyclic amines) is 1. The minimum absolute atomic E-state index is 0.127. The molecule has 9 saturated heterocycles. The molecule has 5 aromatic rings. The van der Waals surface area contributed by atoms with Crippen molar-refractivity contribution in [3.05, 3.63) is 90.0 Å². The molecule has 496 valence electrons. The van der Waals surface area contributed by atoms with E-state index in [1.165, 1.54) is 36.5 Å². The van der Waals surface area contributed by atoms with Crippen molar-refractivity contribution in [2.45, 2.75) is 104 Å². The number of likely N-dealkylation sites (N-methyl/N-ethyl adjacent to an activating group) is 2. The molecule has 0 radical (unpaired) electrons. The molecule has 14 rings (SSSR count). The lowest BCUT2D eigenvalue weighted by molar-refractivity contribution is -0.132. The van der Waals surface area contributed by atoms with Gasteiger partial charge in [0.1, 0.15) is 5.60 Å². The molecule has 0 saturated carbocycles. The van der Waals surface area contributed by atoms with Crippen molar-refractivity contribution in [1.82, 2.24) is 44.5 Å². The molecule has 26 heteroatoms. The van der Waals surface area contributed by atoms with Crippen LogP contribution in [0.5, 0.6) is 0 Å². The fourth-order valence-corrected chi connectivity index (χ4v) is 14.5. The number of nitrogen functional groups attached to an aromatic ring is 5. The first-order chi connectivity index (χ1) is 44.1. The number of hydrogen-bond acceptors (Lipinski definition) is 21. The summed E-state index contributed by atoms with van der Waals surface area (Å²) in [7, 11) is 3.61. The normalized spacial score (nSPS) is 20.9. The van der Waals surface area contributed by atoms with E-state index in [2.05, 4.69) is 46.5 Å². The second kappa shape index (κ2) is 28.9. The number of halogens is 1. The van der Waals surface area contributed by atoms with E-state index in [1.54, 1.807) is 54.0 Å². The minimum Gasteiger partial charge on any atom is -0.441 e. The number of nitrogens with zero attached hydrogens (tertiary/aromatic N) is 14. The van der Waals surface area contributed by atoms with Crippen molar-refractivity contribution in [2.75, 3.05) is 179 Å². The molecule has 0 aliphatic carbocycles. The first-order valence-electron chi connectivity index (χ1n) is 32.4. The zero-order valence-electron chi connectivity index (χ0n) is 54.5. The van der Waals surface area contributed by atoms with Gasteiger partial charge in [0.05, 0.1) is 127 Å². The molecule has 92 heavy (non-hydrogen) atoms. The Bertz CT molecular complexity index is 3320. The van der Waals surface area contributed by atoms with Gasteiger partial charge >= 0.3 is 6.09 Å². The maximum atomic E-state index is 13.9. The van der Waals surface area contributed by atoms with Crippen LogP contribution in [0, 0.1) is 44.8 Å². The molecule has 25 nitrogen and oxygen atoms in total. The van der Waals surface area contributed by atoms with Gasteiger partial charge in [-0.15, -0.1) is 0 Å². The van der Waals surface area contributed by atoms with Gasteiger partial charge in [0.25, 0.3) is 0 Å². The van der Waals surface area contributed by atoms with Gasteiger partial charge < -0.3 is 82.2 Å². The van der Waals surface area contributed by atoms with Crippen LogP contribution in [-0.4, -0.2) is 205 Å². The number of piperazine rings is 2. The van der Waals surface area contributed by atoms with Gasteiger partial charge in [0.2, 0.25) is 17.7 Å². The van der Waals surface area contributed by atoms with Gasteiger partial charge in [-0.2, -0.15) is 0 Å². The van der Waals surface area contributed by atoms with Crippen molar-refractivity contribution in [1.29, 1.82) is 0 Å². The minimum atomic E-state index is -0.358. The first-order valence-corrected chi connectivity index (χ1v) is 32.4. The SMILES string of the molecule is Cc1cncc(N)c1N1CC(=O)N2CCCC2C1.Cc1cncc(N)c1N1CCC2(CC1)CN(C)C(=O)O2.Cc1cncc(N)c1N1CCC2(CC1)COC2.Cc1cncc(N)c1N1CCN(C)C(=O)C1.Nc1cncc(F)c1N1CCC(CN2CCCC2=O)CC1. The van der Waals surface area contributed by atoms with Crippen molar-refractivity contribution in [3.63, 3.8) is 0 Å². The number of piperidine rings is 3. The molecular weight excluding hydrogens is 1170 g/mol. The Kier molecular flexibility index (Phi) is 20.8. The van der Waals surface area contributed by atoms with Crippen LogP contribution in [0.1, 0.15) is 86.5 Å². The number of aromatic nitrogens is 5. The second-order valence-electron chi connectivity index (χ2n) is 26.4. The average Bonchev–Trinajstić information content (AvgIpc) is 1.43. The van der Waals surface area contributed by atoms with Gasteiger partial charge in [-0.3, -0.25) is 39.3 Å². The highest BCUT2D eigenvalue weighted by atomic mass is 19.1. The fraction of sp³-hybridized carbons (Fsp3) is 0.561. The quantitative estimate of drug-likeness (QED) is 0.131. The molecular formula is C66H94FN19O6. The van der Waals surface area contributed by atoms with Crippen LogP contribution in [0.3, 0.4) is 0 Å². The third kappa shape index (κ3) is 15.1. The summed E-state index contributed by atoms with van der Waals surface area (Å²) in [6.45, 7) is 22.0. The Morgan fingerprint density at radius 3 is 1.43 bits per heavy atom. The van der Waals surface area contributed by atoms with Crippen LogP contribution >= 0.6 is 0 Å². The lowest BCUT2D eigenvalue weighted by Gasteiger charge is -2.48. The predicted octanol–water partition coefficient (Wildman–Crippen LogP) is 5.66. The molecule has 5 aromatic heterocycles. The number of carbonyl (C=O) groups is 4. The van der Waals surface area contributed by atoms with Crippen LogP contribution < -0.4 is 53.2 Å².